The van der Waals surface area contributed by atoms with Crippen LogP contribution in [0.1, 0.15) is 11.4 Å². The number of rotatable bonds is 3. The van der Waals surface area contributed by atoms with Gasteiger partial charge in [-0.05, 0) is 25.1 Å². The summed E-state index contributed by atoms with van der Waals surface area (Å²) >= 11 is 0. The molecule has 0 saturated heterocycles. The molecule has 1 aromatic carbocycles. The van der Waals surface area contributed by atoms with Crippen molar-refractivity contribution in [3.63, 3.8) is 0 Å². The second-order valence-corrected chi connectivity index (χ2v) is 5.22. The predicted molar refractivity (Wildman–Crippen MR) is 86.8 cm³/mol. The Balaban J connectivity index is 1.71. The van der Waals surface area contributed by atoms with Crippen molar-refractivity contribution >= 4 is 22.2 Å². The molecule has 4 aromatic rings. The Labute approximate surface area is 127 Å². The number of nitrogens with one attached hydrogen (secondary N) is 1. The number of aromatic nitrogens is 4. The summed E-state index contributed by atoms with van der Waals surface area (Å²) in [4.78, 5) is 8.85. The minimum Gasteiger partial charge on any atom is -0.379 e. The Hall–Kier alpha value is -2.95. The molecule has 0 fully saturated rings. The quantitative estimate of drug-likeness (QED) is 0.629. The molecule has 0 atom stereocenters. The molecule has 0 unspecified atom stereocenters. The van der Waals surface area contributed by atoms with Gasteiger partial charge in [-0.1, -0.05) is 18.2 Å². The fourth-order valence-corrected chi connectivity index (χ4v) is 2.66. The molecule has 22 heavy (non-hydrogen) atoms. The van der Waals surface area contributed by atoms with Gasteiger partial charge in [-0.25, -0.2) is 9.50 Å². The van der Waals surface area contributed by atoms with E-state index in [1.165, 1.54) is 0 Å². The number of hydrogen-bond donors (Lipinski definition) is 1. The SMILES string of the molecule is Cc1cc(NCc2ccnc3ccnn23)c2ccccc2n1. The van der Waals surface area contributed by atoms with Gasteiger partial charge in [-0.15, -0.1) is 0 Å². The lowest BCUT2D eigenvalue weighted by Crippen LogP contribution is -2.07. The molecule has 0 aliphatic heterocycles. The number of hydrogen-bond acceptors (Lipinski definition) is 4. The minimum atomic E-state index is 0.675. The van der Waals surface area contributed by atoms with Crippen molar-refractivity contribution in [2.45, 2.75) is 13.5 Å². The molecule has 0 spiro atoms. The number of para-hydroxylation sites is 1. The van der Waals surface area contributed by atoms with Crippen LogP contribution in [-0.2, 0) is 6.54 Å². The van der Waals surface area contributed by atoms with Gasteiger partial charge in [-0.2, -0.15) is 5.10 Å². The van der Waals surface area contributed by atoms with Crippen LogP contribution in [0.5, 0.6) is 0 Å². The lowest BCUT2D eigenvalue weighted by Gasteiger charge is -2.11. The molecule has 0 bridgehead atoms. The molecule has 0 amide bonds. The highest BCUT2D eigenvalue weighted by molar-refractivity contribution is 5.91. The first-order valence-electron chi connectivity index (χ1n) is 7.19. The van der Waals surface area contributed by atoms with Crippen LogP contribution in [-0.4, -0.2) is 19.6 Å². The zero-order valence-corrected chi connectivity index (χ0v) is 12.2. The Morgan fingerprint density at radius 1 is 1.09 bits per heavy atom. The van der Waals surface area contributed by atoms with Crippen molar-refractivity contribution in [2.75, 3.05) is 5.32 Å². The summed E-state index contributed by atoms with van der Waals surface area (Å²) in [6, 6.07) is 14.1. The summed E-state index contributed by atoms with van der Waals surface area (Å²) in [7, 11) is 0. The molecule has 0 saturated carbocycles. The van der Waals surface area contributed by atoms with Gasteiger partial charge in [0.25, 0.3) is 0 Å². The first-order chi connectivity index (χ1) is 10.8. The first kappa shape index (κ1) is 12.8. The maximum absolute atomic E-state index is 4.57. The van der Waals surface area contributed by atoms with Crippen molar-refractivity contribution in [2.24, 2.45) is 0 Å². The molecular formula is C17H15N5. The molecule has 3 aromatic heterocycles. The van der Waals surface area contributed by atoms with Crippen molar-refractivity contribution in [1.29, 1.82) is 0 Å². The van der Waals surface area contributed by atoms with Crippen molar-refractivity contribution in [3.05, 3.63) is 66.2 Å². The lowest BCUT2D eigenvalue weighted by molar-refractivity contribution is 0.854. The molecule has 5 heteroatoms. The van der Waals surface area contributed by atoms with Gasteiger partial charge < -0.3 is 5.32 Å². The van der Waals surface area contributed by atoms with E-state index < -0.39 is 0 Å². The molecule has 0 aliphatic carbocycles. The van der Waals surface area contributed by atoms with Crippen LogP contribution in [0, 0.1) is 6.92 Å². The van der Waals surface area contributed by atoms with Crippen LogP contribution in [0.2, 0.25) is 0 Å². The van der Waals surface area contributed by atoms with Crippen LogP contribution >= 0.6 is 0 Å². The third kappa shape index (κ3) is 2.16. The summed E-state index contributed by atoms with van der Waals surface area (Å²) < 4.78 is 1.85. The summed E-state index contributed by atoms with van der Waals surface area (Å²) in [6.07, 6.45) is 3.57. The Bertz CT molecular complexity index is 958. The van der Waals surface area contributed by atoms with Crippen molar-refractivity contribution in [3.8, 4) is 0 Å². The normalized spacial score (nSPS) is 11.1. The van der Waals surface area contributed by atoms with Gasteiger partial charge in [0.2, 0.25) is 0 Å². The van der Waals surface area contributed by atoms with E-state index in [9.17, 15) is 0 Å². The van der Waals surface area contributed by atoms with E-state index in [-0.39, 0.29) is 0 Å². The zero-order valence-electron chi connectivity index (χ0n) is 12.2. The predicted octanol–water partition coefficient (Wildman–Crippen LogP) is 3.20. The van der Waals surface area contributed by atoms with Gasteiger partial charge in [0, 0.05) is 29.0 Å². The molecule has 4 rings (SSSR count). The van der Waals surface area contributed by atoms with E-state index in [0.717, 1.165) is 33.6 Å². The molecule has 3 heterocycles. The van der Waals surface area contributed by atoms with Gasteiger partial charge in [-0.3, -0.25) is 4.98 Å². The molecule has 1 N–H and O–H groups in total. The van der Waals surface area contributed by atoms with Crippen LogP contribution in [0.4, 0.5) is 5.69 Å². The highest BCUT2D eigenvalue weighted by atomic mass is 15.3. The fourth-order valence-electron chi connectivity index (χ4n) is 2.66. The number of pyridine rings is 1. The maximum Gasteiger partial charge on any atom is 0.155 e. The zero-order chi connectivity index (χ0) is 14.9. The molecular weight excluding hydrogens is 274 g/mol. The number of benzene rings is 1. The van der Waals surface area contributed by atoms with Crippen LogP contribution < -0.4 is 5.32 Å². The Morgan fingerprint density at radius 2 is 2.00 bits per heavy atom. The minimum absolute atomic E-state index is 0.675. The van der Waals surface area contributed by atoms with Crippen LogP contribution in [0.3, 0.4) is 0 Å². The molecule has 5 nitrogen and oxygen atoms in total. The molecule has 0 radical (unpaired) electrons. The summed E-state index contributed by atoms with van der Waals surface area (Å²) in [5, 5.41) is 8.93. The second kappa shape index (κ2) is 5.11. The average Bonchev–Trinajstić information content (AvgIpc) is 3.01. The molecule has 0 aliphatic rings. The van der Waals surface area contributed by atoms with Crippen molar-refractivity contribution < 1.29 is 0 Å². The highest BCUT2D eigenvalue weighted by Gasteiger charge is 2.05. The van der Waals surface area contributed by atoms with Crippen molar-refractivity contribution in [1.82, 2.24) is 19.6 Å². The van der Waals surface area contributed by atoms with Gasteiger partial charge in [0.15, 0.2) is 5.65 Å². The van der Waals surface area contributed by atoms with E-state index >= 15 is 0 Å². The topological polar surface area (TPSA) is 55.1 Å². The summed E-state index contributed by atoms with van der Waals surface area (Å²) in [5.74, 6) is 0. The van der Waals surface area contributed by atoms with E-state index in [1.807, 2.05) is 48.0 Å². The lowest BCUT2D eigenvalue weighted by atomic mass is 10.1. The summed E-state index contributed by atoms with van der Waals surface area (Å²) in [5.41, 5.74) is 5.01. The number of fused-ring (bicyclic) bond motifs is 2. The average molecular weight is 289 g/mol. The third-order valence-electron chi connectivity index (χ3n) is 3.67. The number of aryl methyl sites for hydroxylation is 1. The van der Waals surface area contributed by atoms with Gasteiger partial charge in [0.1, 0.15) is 0 Å². The van der Waals surface area contributed by atoms with E-state index in [1.54, 1.807) is 6.20 Å². The monoisotopic (exact) mass is 289 g/mol. The summed E-state index contributed by atoms with van der Waals surface area (Å²) in [6.45, 7) is 2.68. The Kier molecular flexibility index (Phi) is 2.96. The number of nitrogens with zero attached hydrogens (tertiary/aromatic N) is 4. The Morgan fingerprint density at radius 3 is 2.95 bits per heavy atom. The van der Waals surface area contributed by atoms with Gasteiger partial charge >= 0.3 is 0 Å². The van der Waals surface area contributed by atoms with Crippen LogP contribution in [0.15, 0.2) is 54.9 Å². The maximum atomic E-state index is 4.57. The van der Waals surface area contributed by atoms with Crippen LogP contribution in [0.25, 0.3) is 16.6 Å². The largest absolute Gasteiger partial charge is 0.379 e. The second-order valence-electron chi connectivity index (χ2n) is 5.22. The third-order valence-corrected chi connectivity index (χ3v) is 3.67. The van der Waals surface area contributed by atoms with E-state index in [2.05, 4.69) is 32.5 Å². The molecule has 108 valence electrons. The van der Waals surface area contributed by atoms with E-state index in [4.69, 9.17) is 0 Å². The first-order valence-corrected chi connectivity index (χ1v) is 7.19. The highest BCUT2D eigenvalue weighted by Crippen LogP contribution is 2.23. The van der Waals surface area contributed by atoms with E-state index in [0.29, 0.717) is 6.54 Å². The smallest absolute Gasteiger partial charge is 0.155 e. The fraction of sp³-hybridized carbons (Fsp3) is 0.118. The number of anilines is 1. The van der Waals surface area contributed by atoms with Gasteiger partial charge in [0.05, 0.1) is 24.0 Å². The standard InChI is InChI=1S/C17H15N5/c1-12-10-16(14-4-2-3-5-15(14)21-12)19-11-13-6-8-18-17-7-9-20-22(13)17/h2-10H,11H2,1H3,(H,19,21).